The van der Waals surface area contributed by atoms with E-state index in [0.29, 0.717) is 37.2 Å². The van der Waals surface area contributed by atoms with Crippen LogP contribution in [0.1, 0.15) is 154 Å². The third kappa shape index (κ3) is 7.90. The van der Waals surface area contributed by atoms with Crippen molar-refractivity contribution >= 4 is 12.1 Å². The van der Waals surface area contributed by atoms with E-state index >= 15 is 0 Å². The molecule has 4 aliphatic rings. The molecule has 0 aromatic heterocycles. The topological polar surface area (TPSA) is 94.5 Å². The molecule has 1 aromatic carbocycles. The van der Waals surface area contributed by atoms with E-state index in [0.717, 1.165) is 36.9 Å². The van der Waals surface area contributed by atoms with Crippen LogP contribution in [0.25, 0.3) is 0 Å². The number of carbonyl (C=O) groups is 2. The first-order valence-corrected chi connectivity index (χ1v) is 19.1. The van der Waals surface area contributed by atoms with E-state index in [-0.39, 0.29) is 17.8 Å². The number of piperidine rings is 1. The van der Waals surface area contributed by atoms with Crippen molar-refractivity contribution in [2.24, 2.45) is 0 Å². The minimum atomic E-state index is -1.11. The van der Waals surface area contributed by atoms with Crippen LogP contribution in [0.4, 0.5) is 4.79 Å². The summed E-state index contributed by atoms with van der Waals surface area (Å²) in [6.45, 7) is 8.39. The van der Waals surface area contributed by atoms with Crippen molar-refractivity contribution < 1.29 is 33.6 Å². The molecule has 1 fully saturated rings. The average Bonchev–Trinajstić information content (AvgIpc) is 3.38. The Morgan fingerprint density at radius 3 is 2.12 bits per heavy atom. The van der Waals surface area contributed by atoms with Crippen LogP contribution in [-0.2, 0) is 26.1 Å². The zero-order valence-electron chi connectivity index (χ0n) is 30.4. The largest absolute Gasteiger partial charge is 0.514 e. The predicted molar refractivity (Wildman–Crippen MR) is 187 cm³/mol. The Kier molecular flexibility index (Phi) is 12.2. The second-order valence-electron chi connectivity index (χ2n) is 15.8. The lowest BCUT2D eigenvalue weighted by Gasteiger charge is -2.61. The second kappa shape index (κ2) is 16.0. The highest BCUT2D eigenvalue weighted by atomic mass is 16.7. The zero-order valence-corrected chi connectivity index (χ0v) is 30.4. The summed E-state index contributed by atoms with van der Waals surface area (Å²) < 4.78 is 23.8. The summed E-state index contributed by atoms with van der Waals surface area (Å²) in [7, 11) is 2.06. The maximum absolute atomic E-state index is 13.1. The molecule has 8 heteroatoms. The van der Waals surface area contributed by atoms with E-state index in [1.54, 1.807) is 26.8 Å². The van der Waals surface area contributed by atoms with Gasteiger partial charge in [0.25, 0.3) is 0 Å². The molecule has 2 heterocycles. The SMILES string of the molecule is CCCCCCCCCCCCCCCCCC(=O)OC1=CC[C@@]2(O)[C@H]3Cc4ccc(OC(=O)OC(C)(C)C)c5c4[C@@]2(CCN3C)[C@H]1O5. The standard InChI is InChI=1S/C40H61NO7/c1-6-7-8-9-10-11-12-13-14-15-16-17-18-19-20-21-33(42)45-31-24-25-40(44)32-28-29-22-23-30(46-37(43)48-38(2,3)4)35-34(29)39(40,36(31)47-35)26-27-41(32)5/h22-24,32,36,44H,6-21,25-28H2,1-5H3/t32-,36+,39+,40-/m1/s1. The molecule has 2 aliphatic heterocycles. The first kappa shape index (κ1) is 36.7. The summed E-state index contributed by atoms with van der Waals surface area (Å²) >= 11 is 0. The van der Waals surface area contributed by atoms with Crippen LogP contribution >= 0.6 is 0 Å². The number of aliphatic hydroxyl groups is 1. The van der Waals surface area contributed by atoms with Crippen LogP contribution in [0.15, 0.2) is 24.0 Å². The molecule has 0 amide bonds. The number of likely N-dealkylation sites (N-methyl/N-ethyl adjacent to an activating group) is 1. The molecule has 4 atom stereocenters. The highest BCUT2D eigenvalue weighted by molar-refractivity contribution is 5.73. The highest BCUT2D eigenvalue weighted by Gasteiger charge is 2.72. The molecule has 2 bridgehead atoms. The molecule has 1 spiro atoms. The predicted octanol–water partition coefficient (Wildman–Crippen LogP) is 9.08. The minimum absolute atomic E-state index is 0.109. The molecular weight excluding hydrogens is 606 g/mol. The van der Waals surface area contributed by atoms with E-state index < -0.39 is 28.9 Å². The van der Waals surface area contributed by atoms with E-state index in [2.05, 4.69) is 18.9 Å². The number of rotatable bonds is 18. The van der Waals surface area contributed by atoms with E-state index in [4.69, 9.17) is 18.9 Å². The Hall–Kier alpha value is -2.58. The normalized spacial score (nSPS) is 25.6. The van der Waals surface area contributed by atoms with Crippen molar-refractivity contribution in [3.63, 3.8) is 0 Å². The Morgan fingerprint density at radius 2 is 1.52 bits per heavy atom. The van der Waals surface area contributed by atoms with Gasteiger partial charge in [-0.15, -0.1) is 0 Å². The number of nitrogens with zero attached hydrogens (tertiary/aromatic N) is 1. The molecule has 2 aliphatic carbocycles. The molecule has 1 saturated heterocycles. The molecule has 0 saturated carbocycles. The average molecular weight is 668 g/mol. The highest BCUT2D eigenvalue weighted by Crippen LogP contribution is 2.65. The smallest absolute Gasteiger partial charge is 0.477 e. The van der Waals surface area contributed by atoms with Crippen LogP contribution in [0.2, 0.25) is 0 Å². The molecule has 1 aromatic rings. The summed E-state index contributed by atoms with van der Waals surface area (Å²) in [6, 6.07) is 3.61. The molecule has 268 valence electrons. The lowest BCUT2D eigenvalue weighted by Crippen LogP contribution is -2.74. The third-order valence-electron chi connectivity index (χ3n) is 11.1. The zero-order chi connectivity index (χ0) is 34.4. The number of ether oxygens (including phenoxy) is 4. The minimum Gasteiger partial charge on any atom is -0.477 e. The molecule has 0 radical (unpaired) electrons. The van der Waals surface area contributed by atoms with Gasteiger partial charge in [0.1, 0.15) is 11.4 Å². The summed E-state index contributed by atoms with van der Waals surface area (Å²) in [5.74, 6) is 0.898. The number of carbonyl (C=O) groups excluding carboxylic acids is 2. The van der Waals surface area contributed by atoms with E-state index in [1.165, 1.54) is 77.0 Å². The van der Waals surface area contributed by atoms with Gasteiger partial charge in [0.2, 0.25) is 0 Å². The number of likely N-dealkylation sites (tertiary alicyclic amines) is 1. The fraction of sp³-hybridized carbons (Fsp3) is 0.750. The Morgan fingerprint density at radius 1 is 0.917 bits per heavy atom. The van der Waals surface area contributed by atoms with Crippen molar-refractivity contribution in [2.75, 3.05) is 13.6 Å². The van der Waals surface area contributed by atoms with Crippen molar-refractivity contribution in [2.45, 2.75) is 178 Å². The van der Waals surface area contributed by atoms with E-state index in [9.17, 15) is 14.7 Å². The Balaban J connectivity index is 1.13. The van der Waals surface area contributed by atoms with Gasteiger partial charge in [-0.25, -0.2) is 4.79 Å². The number of unbranched alkanes of at least 4 members (excludes halogenated alkanes) is 14. The van der Waals surface area contributed by atoms with Gasteiger partial charge in [-0.2, -0.15) is 0 Å². The lowest BCUT2D eigenvalue weighted by molar-refractivity contribution is -0.169. The lowest BCUT2D eigenvalue weighted by atomic mass is 9.50. The summed E-state index contributed by atoms with van der Waals surface area (Å²) in [5, 5.41) is 12.5. The second-order valence-corrected chi connectivity index (χ2v) is 15.8. The van der Waals surface area contributed by atoms with Gasteiger partial charge >= 0.3 is 12.1 Å². The van der Waals surface area contributed by atoms with Gasteiger partial charge in [-0.1, -0.05) is 103 Å². The number of hydrogen-bond donors (Lipinski definition) is 1. The monoisotopic (exact) mass is 667 g/mol. The number of hydrogen-bond acceptors (Lipinski definition) is 8. The number of esters is 1. The van der Waals surface area contributed by atoms with Crippen molar-refractivity contribution in [3.05, 3.63) is 35.1 Å². The summed E-state index contributed by atoms with van der Waals surface area (Å²) in [4.78, 5) is 28.1. The fourth-order valence-electron chi connectivity index (χ4n) is 8.69. The van der Waals surface area contributed by atoms with E-state index in [1.807, 2.05) is 12.1 Å². The van der Waals surface area contributed by atoms with Gasteiger partial charge in [-0.05, 0) is 71.3 Å². The first-order chi connectivity index (χ1) is 23.0. The van der Waals surface area contributed by atoms with Crippen LogP contribution < -0.4 is 9.47 Å². The Labute approximate surface area is 288 Å². The number of benzene rings is 1. The van der Waals surface area contributed by atoms with Gasteiger partial charge in [-0.3, -0.25) is 4.79 Å². The molecule has 0 unspecified atom stereocenters. The van der Waals surface area contributed by atoms with Gasteiger partial charge < -0.3 is 29.0 Å². The van der Waals surface area contributed by atoms with Crippen LogP contribution in [0.3, 0.4) is 0 Å². The van der Waals surface area contributed by atoms with Crippen molar-refractivity contribution in [3.8, 4) is 11.5 Å². The van der Waals surface area contributed by atoms with Crippen LogP contribution in [0, 0.1) is 0 Å². The third-order valence-corrected chi connectivity index (χ3v) is 11.1. The van der Waals surface area contributed by atoms with Crippen LogP contribution in [0.5, 0.6) is 11.5 Å². The quantitative estimate of drug-likeness (QED) is 0.0942. The van der Waals surface area contributed by atoms with Crippen molar-refractivity contribution in [1.29, 1.82) is 0 Å². The molecule has 8 nitrogen and oxygen atoms in total. The summed E-state index contributed by atoms with van der Waals surface area (Å²) in [6.07, 6.45) is 21.5. The van der Waals surface area contributed by atoms with Crippen molar-refractivity contribution in [1.82, 2.24) is 4.90 Å². The van der Waals surface area contributed by atoms with Gasteiger partial charge in [0, 0.05) is 24.4 Å². The molecule has 5 rings (SSSR count). The van der Waals surface area contributed by atoms with Crippen LogP contribution in [-0.4, -0.2) is 59.1 Å². The van der Waals surface area contributed by atoms with Gasteiger partial charge in [0.15, 0.2) is 17.6 Å². The molecule has 1 N–H and O–H groups in total. The first-order valence-electron chi connectivity index (χ1n) is 19.1. The summed E-state index contributed by atoms with van der Waals surface area (Å²) in [5.41, 5.74) is -0.686. The molecular formula is C40H61NO7. The van der Waals surface area contributed by atoms with Gasteiger partial charge in [0.05, 0.1) is 11.0 Å². The Bertz CT molecular complexity index is 1300. The maximum Gasteiger partial charge on any atom is 0.514 e. The maximum atomic E-state index is 13.1. The molecule has 48 heavy (non-hydrogen) atoms. The fourth-order valence-corrected chi connectivity index (χ4v) is 8.69.